The van der Waals surface area contributed by atoms with Crippen molar-refractivity contribution in [2.45, 2.75) is 57.8 Å². The smallest absolute Gasteiger partial charge is 0.303 e. The maximum absolute atomic E-state index is 11.6. The Labute approximate surface area is 168 Å². The fraction of sp³-hybridized carbons (Fsp3) is 0.400. The normalized spacial score (nSPS) is 17.3. The molecule has 0 spiro atoms. The second-order valence-electron chi connectivity index (χ2n) is 7.48. The van der Waals surface area contributed by atoms with Crippen LogP contribution in [0.1, 0.15) is 56.3 Å². The molecule has 0 aliphatic heterocycles. The summed E-state index contributed by atoms with van der Waals surface area (Å²) in [5.41, 5.74) is 2.15. The molecule has 0 N–H and O–H groups in total. The van der Waals surface area contributed by atoms with E-state index in [0.717, 1.165) is 5.56 Å². The lowest BCUT2D eigenvalue weighted by molar-refractivity contribution is -0.144. The zero-order chi connectivity index (χ0) is 19.6. The number of carbonyl (C=O) groups is 1. The van der Waals surface area contributed by atoms with E-state index in [4.69, 9.17) is 9.47 Å². The van der Waals surface area contributed by atoms with Gasteiger partial charge in [0.05, 0.1) is 12.7 Å². The Kier molecular flexibility index (Phi) is 7.86. The van der Waals surface area contributed by atoms with Gasteiger partial charge in [0, 0.05) is 6.92 Å². The minimum absolute atomic E-state index is 0.0299. The highest BCUT2D eigenvalue weighted by Gasteiger charge is 2.23. The van der Waals surface area contributed by atoms with E-state index in [0.29, 0.717) is 12.5 Å². The number of hydrogen-bond donors (Lipinski definition) is 0. The van der Waals surface area contributed by atoms with Crippen LogP contribution in [0.25, 0.3) is 0 Å². The van der Waals surface area contributed by atoms with Gasteiger partial charge in [0.1, 0.15) is 6.10 Å². The van der Waals surface area contributed by atoms with Gasteiger partial charge in [-0.1, -0.05) is 86.0 Å². The highest BCUT2D eigenvalue weighted by Crippen LogP contribution is 2.30. The Morgan fingerprint density at radius 1 is 0.964 bits per heavy atom. The molecule has 28 heavy (non-hydrogen) atoms. The number of hydrogen-bond acceptors (Lipinski definition) is 3. The summed E-state index contributed by atoms with van der Waals surface area (Å²) in [5.74, 6) is 0.236. The topological polar surface area (TPSA) is 35.5 Å². The van der Waals surface area contributed by atoms with E-state index in [1.165, 1.54) is 44.6 Å². The molecule has 1 aliphatic rings. The monoisotopic (exact) mass is 378 g/mol. The molecule has 3 heteroatoms. The van der Waals surface area contributed by atoms with Crippen molar-refractivity contribution >= 4 is 5.97 Å². The van der Waals surface area contributed by atoms with Gasteiger partial charge in [0.15, 0.2) is 0 Å². The van der Waals surface area contributed by atoms with Gasteiger partial charge in [-0.25, -0.2) is 0 Å². The maximum atomic E-state index is 11.6. The summed E-state index contributed by atoms with van der Waals surface area (Å²) in [4.78, 5) is 11.6. The molecule has 0 amide bonds. The summed E-state index contributed by atoms with van der Waals surface area (Å²) < 4.78 is 11.9. The fourth-order valence-corrected chi connectivity index (χ4v) is 3.83. The highest BCUT2D eigenvalue weighted by atomic mass is 16.5. The number of benzene rings is 2. The SMILES string of the molecule is CC(=O)O[C@H](/C=C/[C@@H](OCc1ccccc1)C1CCCCC1)c1ccccc1. The van der Waals surface area contributed by atoms with Crippen LogP contribution in [-0.2, 0) is 20.9 Å². The van der Waals surface area contributed by atoms with Crippen LogP contribution in [0.5, 0.6) is 0 Å². The van der Waals surface area contributed by atoms with Gasteiger partial charge in [-0.15, -0.1) is 0 Å². The van der Waals surface area contributed by atoms with Crippen molar-refractivity contribution in [2.75, 3.05) is 0 Å². The first-order valence-corrected chi connectivity index (χ1v) is 10.3. The quantitative estimate of drug-likeness (QED) is 0.417. The van der Waals surface area contributed by atoms with Crippen LogP contribution in [0.15, 0.2) is 72.8 Å². The first kappa shape index (κ1) is 20.3. The third-order valence-corrected chi connectivity index (χ3v) is 5.30. The van der Waals surface area contributed by atoms with Gasteiger partial charge < -0.3 is 9.47 Å². The molecule has 0 aromatic heterocycles. The first-order chi connectivity index (χ1) is 13.7. The van der Waals surface area contributed by atoms with Crippen molar-refractivity contribution in [1.82, 2.24) is 0 Å². The Hall–Kier alpha value is -2.39. The average molecular weight is 379 g/mol. The standard InChI is InChI=1S/C25H30O3/c1-20(26)28-25(23-15-9-4-10-16-23)18-17-24(22-13-7-3-8-14-22)27-19-21-11-5-2-6-12-21/h2,4-6,9-12,15-18,22,24-25H,3,7-8,13-14,19H2,1H3/b18-17+/t24-,25-/m1/s1. The van der Waals surface area contributed by atoms with Crippen molar-refractivity contribution < 1.29 is 14.3 Å². The molecular weight excluding hydrogens is 348 g/mol. The van der Waals surface area contributed by atoms with Gasteiger partial charge >= 0.3 is 5.97 Å². The van der Waals surface area contributed by atoms with E-state index < -0.39 is 0 Å². The first-order valence-electron chi connectivity index (χ1n) is 10.3. The summed E-state index contributed by atoms with van der Waals surface area (Å²) in [6, 6.07) is 20.1. The number of esters is 1. The molecule has 0 bridgehead atoms. The summed E-state index contributed by atoms with van der Waals surface area (Å²) in [6.07, 6.45) is 9.95. The number of carbonyl (C=O) groups excluding carboxylic acids is 1. The second kappa shape index (κ2) is 10.8. The van der Waals surface area contributed by atoms with Crippen molar-refractivity contribution in [2.24, 2.45) is 5.92 Å². The molecule has 2 atom stereocenters. The number of ether oxygens (including phenoxy) is 2. The minimum Gasteiger partial charge on any atom is -0.453 e. The molecule has 0 heterocycles. The molecule has 2 aromatic carbocycles. The predicted molar refractivity (Wildman–Crippen MR) is 112 cm³/mol. The molecular formula is C25H30O3. The molecule has 0 unspecified atom stereocenters. The van der Waals surface area contributed by atoms with Crippen molar-refractivity contribution in [1.29, 1.82) is 0 Å². The van der Waals surface area contributed by atoms with E-state index in [9.17, 15) is 4.79 Å². The van der Waals surface area contributed by atoms with Crippen molar-refractivity contribution in [3.63, 3.8) is 0 Å². The largest absolute Gasteiger partial charge is 0.453 e. The van der Waals surface area contributed by atoms with E-state index >= 15 is 0 Å². The van der Waals surface area contributed by atoms with Gasteiger partial charge in [-0.3, -0.25) is 4.79 Å². The Bertz CT molecular complexity index is 733. The molecule has 0 saturated heterocycles. The maximum Gasteiger partial charge on any atom is 0.303 e. The van der Waals surface area contributed by atoms with Gasteiger partial charge in [0.2, 0.25) is 0 Å². The summed E-state index contributed by atoms with van der Waals surface area (Å²) in [6.45, 7) is 2.05. The molecule has 1 aliphatic carbocycles. The predicted octanol–water partition coefficient (Wildman–Crippen LogP) is 6.01. The molecule has 1 fully saturated rings. The molecule has 1 saturated carbocycles. The van der Waals surface area contributed by atoms with Crippen molar-refractivity contribution in [3.8, 4) is 0 Å². The van der Waals surface area contributed by atoms with Gasteiger partial charge in [0.25, 0.3) is 0 Å². The van der Waals surface area contributed by atoms with E-state index in [1.54, 1.807) is 0 Å². The van der Waals surface area contributed by atoms with Crippen LogP contribution in [0, 0.1) is 5.92 Å². The van der Waals surface area contributed by atoms with E-state index in [-0.39, 0.29) is 18.2 Å². The molecule has 2 aromatic rings. The minimum atomic E-state index is -0.384. The van der Waals surface area contributed by atoms with Crippen LogP contribution in [-0.4, -0.2) is 12.1 Å². The lowest BCUT2D eigenvalue weighted by Gasteiger charge is -2.29. The summed E-state index contributed by atoms with van der Waals surface area (Å²) >= 11 is 0. The van der Waals surface area contributed by atoms with Gasteiger partial charge in [-0.05, 0) is 36.0 Å². The fourth-order valence-electron chi connectivity index (χ4n) is 3.83. The van der Waals surface area contributed by atoms with Crippen LogP contribution < -0.4 is 0 Å². The second-order valence-corrected chi connectivity index (χ2v) is 7.48. The lowest BCUT2D eigenvalue weighted by Crippen LogP contribution is -2.24. The zero-order valence-electron chi connectivity index (χ0n) is 16.6. The van der Waals surface area contributed by atoms with E-state index in [2.05, 4.69) is 18.2 Å². The van der Waals surface area contributed by atoms with Crippen LogP contribution in [0.4, 0.5) is 0 Å². The molecule has 3 rings (SSSR count). The van der Waals surface area contributed by atoms with Gasteiger partial charge in [-0.2, -0.15) is 0 Å². The molecule has 148 valence electrons. The zero-order valence-corrected chi connectivity index (χ0v) is 16.6. The summed E-state index contributed by atoms with van der Waals surface area (Å²) in [5, 5.41) is 0. The van der Waals surface area contributed by atoms with Crippen LogP contribution in [0.3, 0.4) is 0 Å². The van der Waals surface area contributed by atoms with E-state index in [1.807, 2.05) is 54.6 Å². The van der Waals surface area contributed by atoms with Crippen LogP contribution >= 0.6 is 0 Å². The Morgan fingerprint density at radius 2 is 1.61 bits per heavy atom. The highest BCUT2D eigenvalue weighted by molar-refractivity contribution is 5.66. The van der Waals surface area contributed by atoms with Crippen molar-refractivity contribution in [3.05, 3.63) is 83.9 Å². The molecule has 0 radical (unpaired) electrons. The lowest BCUT2D eigenvalue weighted by atomic mass is 9.85. The summed E-state index contributed by atoms with van der Waals surface area (Å²) in [7, 11) is 0. The third-order valence-electron chi connectivity index (χ3n) is 5.30. The number of rotatable bonds is 8. The molecule has 3 nitrogen and oxygen atoms in total. The average Bonchev–Trinajstić information content (AvgIpc) is 2.74. The third kappa shape index (κ3) is 6.35. The Morgan fingerprint density at radius 3 is 2.25 bits per heavy atom. The Balaban J connectivity index is 1.74. The van der Waals surface area contributed by atoms with Crippen LogP contribution in [0.2, 0.25) is 0 Å².